The van der Waals surface area contributed by atoms with E-state index in [0.717, 1.165) is 24.8 Å². The minimum absolute atomic E-state index is 0.0796. The molecule has 2 unspecified atom stereocenters. The second-order valence-electron chi connectivity index (χ2n) is 7.90. The Balaban J connectivity index is 1.96. The minimum Gasteiger partial charge on any atom is -0.480 e. The van der Waals surface area contributed by atoms with Crippen molar-refractivity contribution < 1.29 is 28.9 Å². The molecule has 1 aliphatic heterocycles. The summed E-state index contributed by atoms with van der Waals surface area (Å²) in [6.07, 6.45) is 2.03. The Labute approximate surface area is 176 Å². The molecule has 1 aromatic rings. The highest BCUT2D eigenvalue weighted by molar-refractivity contribution is 7.99. The highest BCUT2D eigenvalue weighted by Gasteiger charge is 2.26. The molecule has 1 aliphatic rings. The van der Waals surface area contributed by atoms with Crippen molar-refractivity contribution in [1.82, 2.24) is 5.32 Å². The van der Waals surface area contributed by atoms with Crippen LogP contribution in [-0.2, 0) is 19.0 Å². The minimum atomic E-state index is -1.10. The maximum absolute atomic E-state index is 12.0. The number of carboxylic acid groups (broad SMARTS) is 1. The van der Waals surface area contributed by atoms with Gasteiger partial charge >= 0.3 is 12.1 Å². The zero-order valence-corrected chi connectivity index (χ0v) is 18.1. The Bertz CT molecular complexity index is 642. The number of carbonyl (C=O) groups excluding carboxylic acids is 1. The number of hydrogen-bond donors (Lipinski definition) is 2. The number of amides is 1. The fraction of sp³-hybridized carbons (Fsp3) is 0.619. The summed E-state index contributed by atoms with van der Waals surface area (Å²) in [4.78, 5) is 23.6. The molecule has 7 nitrogen and oxygen atoms in total. The van der Waals surface area contributed by atoms with Gasteiger partial charge in [0.05, 0.1) is 11.9 Å². The maximum Gasteiger partial charge on any atom is 0.408 e. The maximum atomic E-state index is 12.0. The second-order valence-corrected chi connectivity index (χ2v) is 9.13. The molecule has 1 saturated heterocycles. The van der Waals surface area contributed by atoms with Crippen LogP contribution in [0.5, 0.6) is 0 Å². The Morgan fingerprint density at radius 3 is 2.59 bits per heavy atom. The van der Waals surface area contributed by atoms with Crippen LogP contribution in [0.2, 0.25) is 0 Å². The van der Waals surface area contributed by atoms with Gasteiger partial charge in [0.15, 0.2) is 6.29 Å². The van der Waals surface area contributed by atoms with Gasteiger partial charge in [-0.2, -0.15) is 0 Å². The first-order valence-corrected chi connectivity index (χ1v) is 10.9. The average Bonchev–Trinajstić information content (AvgIpc) is 2.67. The van der Waals surface area contributed by atoms with Crippen molar-refractivity contribution >= 4 is 23.8 Å². The Hall–Kier alpha value is -1.77. The summed E-state index contributed by atoms with van der Waals surface area (Å²) in [6, 6.07) is 8.72. The van der Waals surface area contributed by atoms with E-state index in [4.69, 9.17) is 14.2 Å². The van der Waals surface area contributed by atoms with Gasteiger partial charge in [-0.25, -0.2) is 9.59 Å². The molecule has 8 heteroatoms. The van der Waals surface area contributed by atoms with Crippen LogP contribution in [0.1, 0.15) is 50.8 Å². The van der Waals surface area contributed by atoms with E-state index >= 15 is 0 Å². The lowest BCUT2D eigenvalue weighted by Gasteiger charge is -2.26. The average molecular weight is 426 g/mol. The number of rotatable bonds is 9. The van der Waals surface area contributed by atoms with Crippen LogP contribution in [0, 0.1) is 0 Å². The molecule has 3 atom stereocenters. The number of ether oxygens (including phenoxy) is 3. The second kappa shape index (κ2) is 11.4. The normalized spacial score (nSPS) is 19.2. The van der Waals surface area contributed by atoms with E-state index in [1.165, 1.54) is 11.8 Å². The molecule has 29 heavy (non-hydrogen) atoms. The van der Waals surface area contributed by atoms with Crippen molar-refractivity contribution in [3.05, 3.63) is 35.9 Å². The number of carboxylic acids is 1. The predicted molar refractivity (Wildman–Crippen MR) is 112 cm³/mol. The van der Waals surface area contributed by atoms with Crippen molar-refractivity contribution in [2.75, 3.05) is 19.0 Å². The summed E-state index contributed by atoms with van der Waals surface area (Å²) in [7, 11) is 0. The third-order valence-electron chi connectivity index (χ3n) is 4.20. The summed E-state index contributed by atoms with van der Waals surface area (Å²) >= 11 is 1.43. The largest absolute Gasteiger partial charge is 0.480 e. The highest BCUT2D eigenvalue weighted by atomic mass is 32.2. The molecular formula is C21H31NO6S. The molecule has 0 aromatic heterocycles. The molecule has 0 aliphatic carbocycles. The van der Waals surface area contributed by atoms with Crippen molar-refractivity contribution in [3.63, 3.8) is 0 Å². The quantitative estimate of drug-likeness (QED) is 0.618. The molecule has 162 valence electrons. The van der Waals surface area contributed by atoms with E-state index in [1.807, 2.05) is 30.3 Å². The number of alkyl carbamates (subject to hydrolysis) is 1. The zero-order chi connectivity index (χ0) is 21.3. The number of thioether (sulfide) groups is 1. The molecule has 1 amide bonds. The van der Waals surface area contributed by atoms with Crippen LogP contribution < -0.4 is 5.32 Å². The lowest BCUT2D eigenvalue weighted by molar-refractivity contribution is -0.162. The molecule has 1 heterocycles. The van der Waals surface area contributed by atoms with Crippen molar-refractivity contribution in [1.29, 1.82) is 0 Å². The van der Waals surface area contributed by atoms with Crippen LogP contribution in [0.3, 0.4) is 0 Å². The molecule has 2 rings (SSSR count). The number of nitrogens with one attached hydrogen (secondary N) is 1. The first-order valence-electron chi connectivity index (χ1n) is 9.86. The van der Waals surface area contributed by atoms with E-state index in [-0.39, 0.29) is 17.3 Å². The van der Waals surface area contributed by atoms with E-state index in [1.54, 1.807) is 20.8 Å². The van der Waals surface area contributed by atoms with Crippen LogP contribution in [0.25, 0.3) is 0 Å². The number of benzene rings is 1. The first-order chi connectivity index (χ1) is 13.7. The predicted octanol–water partition coefficient (Wildman–Crippen LogP) is 3.98. The van der Waals surface area contributed by atoms with E-state index < -0.39 is 23.7 Å². The molecule has 0 spiro atoms. The van der Waals surface area contributed by atoms with Crippen molar-refractivity contribution in [2.24, 2.45) is 0 Å². The summed E-state index contributed by atoms with van der Waals surface area (Å²) < 4.78 is 16.7. The number of carbonyl (C=O) groups is 2. The summed E-state index contributed by atoms with van der Waals surface area (Å²) in [5, 5.41) is 11.9. The van der Waals surface area contributed by atoms with E-state index in [0.29, 0.717) is 13.2 Å². The van der Waals surface area contributed by atoms with Crippen molar-refractivity contribution in [3.8, 4) is 0 Å². The molecule has 0 radical (unpaired) electrons. The number of aliphatic carboxylic acids is 1. The zero-order valence-electron chi connectivity index (χ0n) is 17.3. The van der Waals surface area contributed by atoms with Gasteiger partial charge in [0.2, 0.25) is 0 Å². The van der Waals surface area contributed by atoms with Gasteiger partial charge in [0, 0.05) is 12.4 Å². The van der Waals surface area contributed by atoms with Gasteiger partial charge in [-0.15, -0.1) is 11.8 Å². The summed E-state index contributed by atoms with van der Waals surface area (Å²) in [6.45, 7) is 6.29. The SMILES string of the molecule is CC(C)(C)OC(=O)N[C@@H](CSC(COC1CCCCO1)c1ccccc1)C(=O)O. The topological polar surface area (TPSA) is 94.1 Å². The first kappa shape index (κ1) is 23.5. The van der Waals surface area contributed by atoms with Crippen LogP contribution in [0.15, 0.2) is 30.3 Å². The molecular weight excluding hydrogens is 394 g/mol. The monoisotopic (exact) mass is 425 g/mol. The van der Waals surface area contributed by atoms with Gasteiger partial charge in [-0.05, 0) is 45.6 Å². The lowest BCUT2D eigenvalue weighted by Crippen LogP contribution is -2.45. The van der Waals surface area contributed by atoms with Gasteiger partial charge in [-0.3, -0.25) is 0 Å². The van der Waals surface area contributed by atoms with Crippen LogP contribution in [-0.4, -0.2) is 54.1 Å². The van der Waals surface area contributed by atoms with Gasteiger partial charge in [0.1, 0.15) is 11.6 Å². The molecule has 1 aromatic carbocycles. The summed E-state index contributed by atoms with van der Waals surface area (Å²) in [5.41, 5.74) is 0.343. The third kappa shape index (κ3) is 9.06. The van der Waals surface area contributed by atoms with Gasteiger partial charge < -0.3 is 24.6 Å². The van der Waals surface area contributed by atoms with Crippen LogP contribution >= 0.6 is 11.8 Å². The van der Waals surface area contributed by atoms with E-state index in [9.17, 15) is 14.7 Å². The Morgan fingerprint density at radius 2 is 2.00 bits per heavy atom. The van der Waals surface area contributed by atoms with Gasteiger partial charge in [0.25, 0.3) is 0 Å². The van der Waals surface area contributed by atoms with Crippen molar-refractivity contribution in [2.45, 2.75) is 63.2 Å². The highest BCUT2D eigenvalue weighted by Crippen LogP contribution is 2.31. The smallest absolute Gasteiger partial charge is 0.408 e. The Kier molecular flexibility index (Phi) is 9.26. The molecule has 0 saturated carbocycles. The Morgan fingerprint density at radius 1 is 1.28 bits per heavy atom. The fourth-order valence-corrected chi connectivity index (χ4v) is 3.96. The third-order valence-corrected chi connectivity index (χ3v) is 5.53. The summed E-state index contributed by atoms with van der Waals surface area (Å²) in [5.74, 6) is -0.921. The van der Waals surface area contributed by atoms with E-state index in [2.05, 4.69) is 5.32 Å². The standard InChI is InChI=1S/C21H31NO6S/c1-21(2,3)28-20(25)22-16(19(23)24)14-29-17(15-9-5-4-6-10-15)13-27-18-11-7-8-12-26-18/h4-6,9-10,16-18H,7-8,11-14H2,1-3H3,(H,22,25)(H,23,24)/t16-,17?,18?/m0/s1. The number of hydrogen-bond acceptors (Lipinski definition) is 6. The molecule has 1 fully saturated rings. The molecule has 2 N–H and O–H groups in total. The lowest BCUT2D eigenvalue weighted by atomic mass is 10.1. The molecule has 0 bridgehead atoms. The van der Waals surface area contributed by atoms with Gasteiger partial charge in [-0.1, -0.05) is 30.3 Å². The fourth-order valence-electron chi connectivity index (χ4n) is 2.78. The van der Waals surface area contributed by atoms with Crippen LogP contribution in [0.4, 0.5) is 4.79 Å².